The highest BCUT2D eigenvalue weighted by Gasteiger charge is 2.37. The van der Waals surface area contributed by atoms with Crippen molar-refractivity contribution in [1.82, 2.24) is 9.88 Å². The molecule has 1 unspecified atom stereocenters. The number of rotatable bonds is 4. The van der Waals surface area contributed by atoms with E-state index in [1.165, 1.54) is 52.3 Å². The van der Waals surface area contributed by atoms with E-state index in [2.05, 4.69) is 15.3 Å². The highest BCUT2D eigenvalue weighted by atomic mass is 32.2. The minimum absolute atomic E-state index is 0.00405. The molecular formula is C19H15FN4O2S2. The Labute approximate surface area is 168 Å². The molecule has 28 heavy (non-hydrogen) atoms. The number of benzene rings is 2. The Bertz CT molecular complexity index is 1050. The van der Waals surface area contributed by atoms with E-state index in [0.29, 0.717) is 16.0 Å². The van der Waals surface area contributed by atoms with Crippen LogP contribution in [0.5, 0.6) is 0 Å². The van der Waals surface area contributed by atoms with E-state index in [-0.39, 0.29) is 24.1 Å². The molecule has 1 N–H and O–H groups in total. The number of para-hydroxylation sites is 1. The largest absolute Gasteiger partial charge is 0.326 e. The van der Waals surface area contributed by atoms with Gasteiger partial charge in [0.25, 0.3) is 0 Å². The second-order valence-corrected chi connectivity index (χ2v) is 8.30. The molecule has 2 heterocycles. The number of nitrogens with one attached hydrogen (secondary N) is 1. The van der Waals surface area contributed by atoms with Crippen molar-refractivity contribution >= 4 is 61.1 Å². The van der Waals surface area contributed by atoms with Crippen LogP contribution in [0.25, 0.3) is 10.2 Å². The molecular weight excluding hydrogens is 399 g/mol. The lowest BCUT2D eigenvalue weighted by Gasteiger charge is -2.09. The van der Waals surface area contributed by atoms with Crippen molar-refractivity contribution in [2.75, 3.05) is 12.4 Å². The Hall–Kier alpha value is -2.78. The standard InChI is InChI=1S/C19H15FN4O2S2/c1-24-17(26)15(10-16(25)21-12-8-6-11(20)7-9-12)28-19(24)23-18-22-13-4-2-3-5-14(13)27-18/h2-9,15H,10H2,1H3,(H,21,25). The molecule has 1 aromatic heterocycles. The van der Waals surface area contributed by atoms with Crippen LogP contribution in [-0.4, -0.2) is 39.2 Å². The van der Waals surface area contributed by atoms with Gasteiger partial charge in [-0.05, 0) is 36.4 Å². The van der Waals surface area contributed by atoms with E-state index >= 15 is 0 Å². The molecule has 2 aromatic carbocycles. The van der Waals surface area contributed by atoms with Gasteiger partial charge in [-0.2, -0.15) is 4.99 Å². The maximum absolute atomic E-state index is 13.0. The summed E-state index contributed by atoms with van der Waals surface area (Å²) in [6, 6.07) is 13.2. The number of nitrogens with zero attached hydrogens (tertiary/aromatic N) is 3. The number of fused-ring (bicyclic) bond motifs is 1. The van der Waals surface area contributed by atoms with Gasteiger partial charge in [0.15, 0.2) is 5.17 Å². The summed E-state index contributed by atoms with van der Waals surface area (Å²) in [6.45, 7) is 0. The van der Waals surface area contributed by atoms with Crippen molar-refractivity contribution in [2.24, 2.45) is 4.99 Å². The number of thiazole rings is 1. The molecule has 0 saturated carbocycles. The Kier molecular flexibility index (Phi) is 5.10. The molecule has 2 amide bonds. The summed E-state index contributed by atoms with van der Waals surface area (Å²) in [6.07, 6.45) is 0.00405. The van der Waals surface area contributed by atoms with Gasteiger partial charge in [0, 0.05) is 19.2 Å². The first-order valence-electron chi connectivity index (χ1n) is 8.43. The highest BCUT2D eigenvalue weighted by Crippen LogP contribution is 2.33. The summed E-state index contributed by atoms with van der Waals surface area (Å²) < 4.78 is 14.0. The van der Waals surface area contributed by atoms with Crippen molar-refractivity contribution < 1.29 is 14.0 Å². The lowest BCUT2D eigenvalue weighted by Crippen LogP contribution is -2.30. The van der Waals surface area contributed by atoms with Gasteiger partial charge in [-0.3, -0.25) is 14.5 Å². The van der Waals surface area contributed by atoms with Crippen LogP contribution < -0.4 is 5.32 Å². The first-order chi connectivity index (χ1) is 13.5. The fourth-order valence-electron chi connectivity index (χ4n) is 2.70. The van der Waals surface area contributed by atoms with Gasteiger partial charge in [0.2, 0.25) is 16.9 Å². The van der Waals surface area contributed by atoms with Crippen molar-refractivity contribution in [1.29, 1.82) is 0 Å². The van der Waals surface area contributed by atoms with Crippen LogP contribution in [0.15, 0.2) is 53.5 Å². The Morgan fingerprint density at radius 1 is 1.25 bits per heavy atom. The molecule has 3 aromatic rings. The van der Waals surface area contributed by atoms with Crippen LogP contribution in [0.2, 0.25) is 0 Å². The zero-order chi connectivity index (χ0) is 19.7. The predicted molar refractivity (Wildman–Crippen MR) is 111 cm³/mol. The Morgan fingerprint density at radius 2 is 2.00 bits per heavy atom. The molecule has 1 fully saturated rings. The van der Waals surface area contributed by atoms with Crippen LogP contribution in [-0.2, 0) is 9.59 Å². The summed E-state index contributed by atoms with van der Waals surface area (Å²) in [5.74, 6) is -0.872. The van der Waals surface area contributed by atoms with E-state index < -0.39 is 5.25 Å². The van der Waals surface area contributed by atoms with E-state index in [1.54, 1.807) is 7.05 Å². The van der Waals surface area contributed by atoms with Gasteiger partial charge in [0.1, 0.15) is 11.1 Å². The third-order valence-electron chi connectivity index (χ3n) is 4.11. The zero-order valence-corrected chi connectivity index (χ0v) is 16.4. The maximum atomic E-state index is 13.0. The number of carbonyl (C=O) groups is 2. The molecule has 1 saturated heterocycles. The molecule has 1 atom stereocenters. The molecule has 9 heteroatoms. The van der Waals surface area contributed by atoms with E-state index in [0.717, 1.165) is 10.2 Å². The lowest BCUT2D eigenvalue weighted by molar-refractivity contribution is -0.127. The molecule has 0 bridgehead atoms. The SMILES string of the molecule is CN1C(=O)C(CC(=O)Nc2ccc(F)cc2)SC1=Nc1nc2ccccc2s1. The van der Waals surface area contributed by atoms with Crippen molar-refractivity contribution in [2.45, 2.75) is 11.7 Å². The van der Waals surface area contributed by atoms with Crippen molar-refractivity contribution in [3.63, 3.8) is 0 Å². The maximum Gasteiger partial charge on any atom is 0.242 e. The number of aliphatic imine (C=N–C) groups is 1. The van der Waals surface area contributed by atoms with Gasteiger partial charge in [-0.25, -0.2) is 9.37 Å². The number of amidine groups is 1. The average Bonchev–Trinajstić information content (AvgIpc) is 3.20. The first kappa shape index (κ1) is 18.6. The second kappa shape index (κ2) is 7.69. The first-order valence-corrected chi connectivity index (χ1v) is 10.1. The normalized spacial score (nSPS) is 18.2. The monoisotopic (exact) mass is 414 g/mol. The molecule has 0 radical (unpaired) electrons. The van der Waals surface area contributed by atoms with E-state index in [4.69, 9.17) is 0 Å². The summed E-state index contributed by atoms with van der Waals surface area (Å²) in [5.41, 5.74) is 1.35. The minimum atomic E-state index is -0.557. The number of hydrogen-bond donors (Lipinski definition) is 1. The fourth-order valence-corrected chi connectivity index (χ4v) is 4.73. The molecule has 0 aliphatic carbocycles. The Balaban J connectivity index is 1.45. The molecule has 6 nitrogen and oxygen atoms in total. The number of amides is 2. The molecule has 142 valence electrons. The van der Waals surface area contributed by atoms with Gasteiger partial charge in [0.05, 0.1) is 10.2 Å². The average molecular weight is 414 g/mol. The second-order valence-electron chi connectivity index (χ2n) is 6.12. The van der Waals surface area contributed by atoms with Crippen LogP contribution in [0.3, 0.4) is 0 Å². The molecule has 1 aliphatic rings. The Morgan fingerprint density at radius 3 is 2.75 bits per heavy atom. The van der Waals surface area contributed by atoms with Gasteiger partial charge in [-0.1, -0.05) is 35.2 Å². The lowest BCUT2D eigenvalue weighted by atomic mass is 10.2. The van der Waals surface area contributed by atoms with Gasteiger partial charge in [-0.15, -0.1) is 0 Å². The van der Waals surface area contributed by atoms with Gasteiger partial charge < -0.3 is 5.32 Å². The summed E-state index contributed by atoms with van der Waals surface area (Å²) in [7, 11) is 1.64. The number of thioether (sulfide) groups is 1. The van der Waals surface area contributed by atoms with Crippen LogP contribution in [0.4, 0.5) is 15.2 Å². The summed E-state index contributed by atoms with van der Waals surface area (Å²) >= 11 is 2.69. The van der Waals surface area contributed by atoms with E-state index in [9.17, 15) is 14.0 Å². The molecule has 4 rings (SSSR count). The topological polar surface area (TPSA) is 74.7 Å². The van der Waals surface area contributed by atoms with Gasteiger partial charge >= 0.3 is 0 Å². The number of hydrogen-bond acceptors (Lipinski definition) is 6. The number of halogens is 1. The summed E-state index contributed by atoms with van der Waals surface area (Å²) in [4.78, 5) is 35.1. The van der Waals surface area contributed by atoms with Crippen molar-refractivity contribution in [3.8, 4) is 0 Å². The number of anilines is 1. The molecule has 0 spiro atoms. The highest BCUT2D eigenvalue weighted by molar-refractivity contribution is 8.15. The molecule has 1 aliphatic heterocycles. The zero-order valence-electron chi connectivity index (χ0n) is 14.8. The third-order valence-corrected chi connectivity index (χ3v) is 6.27. The smallest absolute Gasteiger partial charge is 0.242 e. The van der Waals surface area contributed by atoms with Crippen LogP contribution in [0, 0.1) is 5.82 Å². The number of aromatic nitrogens is 1. The van der Waals surface area contributed by atoms with E-state index in [1.807, 2.05) is 24.3 Å². The minimum Gasteiger partial charge on any atom is -0.326 e. The quantitative estimate of drug-likeness (QED) is 0.700. The van der Waals surface area contributed by atoms with Crippen molar-refractivity contribution in [3.05, 3.63) is 54.3 Å². The summed E-state index contributed by atoms with van der Waals surface area (Å²) in [5, 5.41) is 3.20. The number of carbonyl (C=O) groups excluding carboxylic acids is 2. The van der Waals surface area contributed by atoms with Crippen LogP contribution in [0.1, 0.15) is 6.42 Å². The van der Waals surface area contributed by atoms with Crippen LogP contribution >= 0.6 is 23.1 Å². The predicted octanol–water partition coefficient (Wildman–Crippen LogP) is 4.03. The third kappa shape index (κ3) is 3.90. The fraction of sp³-hybridized carbons (Fsp3) is 0.158.